The molecule has 0 aliphatic rings. The van der Waals surface area contributed by atoms with Crippen LogP contribution in [0.15, 0.2) is 52.9 Å². The third kappa shape index (κ3) is 3.21. The summed E-state index contributed by atoms with van der Waals surface area (Å²) in [5.74, 6) is -0.231. The highest BCUT2D eigenvalue weighted by atomic mass is 35.5. The molecule has 4 rings (SSSR count). The van der Waals surface area contributed by atoms with Gasteiger partial charge in [0.25, 0.3) is 5.91 Å². The molecule has 25 heavy (non-hydrogen) atoms. The zero-order valence-corrected chi connectivity index (χ0v) is 15.0. The Morgan fingerprint density at radius 1 is 1.20 bits per heavy atom. The Labute approximate surface area is 156 Å². The largest absolute Gasteiger partial charge is 0.451 e. The van der Waals surface area contributed by atoms with Gasteiger partial charge in [0.15, 0.2) is 16.0 Å². The fourth-order valence-electron chi connectivity index (χ4n) is 2.36. The van der Waals surface area contributed by atoms with Gasteiger partial charge in [-0.15, -0.1) is 0 Å². The number of carbonyl (C=O) groups excluding carboxylic acids is 1. The number of anilines is 1. The maximum absolute atomic E-state index is 12.3. The number of furan rings is 1. The Morgan fingerprint density at radius 3 is 2.84 bits per heavy atom. The number of para-hydroxylation sites is 2. The highest BCUT2D eigenvalue weighted by molar-refractivity contribution is 7.80. The number of nitrogens with zero attached hydrogens (tertiary/aromatic N) is 1. The molecule has 0 saturated heterocycles. The van der Waals surface area contributed by atoms with E-state index in [1.54, 1.807) is 18.2 Å². The molecular weight excluding hydrogens is 378 g/mol. The Morgan fingerprint density at radius 2 is 2.04 bits per heavy atom. The highest BCUT2D eigenvalue weighted by Gasteiger charge is 2.14. The minimum absolute atomic E-state index is 0.139. The number of amides is 1. The molecule has 2 aromatic carbocycles. The number of benzene rings is 2. The fraction of sp³-hybridized carbons (Fsp3) is 0. The molecule has 0 aliphatic heterocycles. The zero-order valence-electron chi connectivity index (χ0n) is 12.6. The predicted molar refractivity (Wildman–Crippen MR) is 105 cm³/mol. The van der Waals surface area contributed by atoms with Gasteiger partial charge in [-0.25, -0.2) is 4.98 Å². The lowest BCUT2D eigenvalue weighted by Gasteiger charge is -2.05. The Kier molecular flexibility index (Phi) is 4.12. The summed E-state index contributed by atoms with van der Waals surface area (Å²) in [6.07, 6.45) is 0. The van der Waals surface area contributed by atoms with Crippen LogP contribution in [0.1, 0.15) is 10.6 Å². The predicted octanol–water partition coefficient (Wildman–Crippen LogP) is 4.82. The summed E-state index contributed by atoms with van der Waals surface area (Å²) in [6.45, 7) is 0. The third-order valence-corrected chi connectivity index (χ3v) is 4.91. The first-order chi connectivity index (χ1) is 12.1. The molecule has 2 heterocycles. The summed E-state index contributed by atoms with van der Waals surface area (Å²) >= 11 is 12.7. The molecule has 2 aromatic heterocycles. The van der Waals surface area contributed by atoms with Gasteiger partial charge >= 0.3 is 0 Å². The lowest BCUT2D eigenvalue weighted by Crippen LogP contribution is -2.33. The smallest absolute Gasteiger partial charge is 0.293 e. The van der Waals surface area contributed by atoms with E-state index < -0.39 is 5.91 Å². The molecule has 0 aliphatic carbocycles. The van der Waals surface area contributed by atoms with Crippen molar-refractivity contribution in [2.45, 2.75) is 0 Å². The van der Waals surface area contributed by atoms with Crippen LogP contribution in [-0.2, 0) is 0 Å². The third-order valence-electron chi connectivity index (χ3n) is 3.47. The summed E-state index contributed by atoms with van der Waals surface area (Å²) in [5.41, 5.74) is 1.34. The summed E-state index contributed by atoms with van der Waals surface area (Å²) in [7, 11) is 0. The van der Waals surface area contributed by atoms with E-state index >= 15 is 0 Å². The van der Waals surface area contributed by atoms with Gasteiger partial charge in [0.1, 0.15) is 11.1 Å². The standard InChI is InChI=1S/C17H10ClN3O2S2/c18-10-5-3-7-13-14(10)19-17(25-13)21-16(24)20-15(22)12-8-9-4-1-2-6-11(9)23-12/h1-8H,(H2,19,20,21,22,24). The van der Waals surface area contributed by atoms with Gasteiger partial charge in [-0.05, 0) is 36.5 Å². The number of carbonyl (C=O) groups is 1. The van der Waals surface area contributed by atoms with E-state index in [9.17, 15) is 4.79 Å². The van der Waals surface area contributed by atoms with Gasteiger partial charge in [-0.3, -0.25) is 10.1 Å². The second-order valence-electron chi connectivity index (χ2n) is 5.16. The Hall–Kier alpha value is -2.48. The van der Waals surface area contributed by atoms with Crippen molar-refractivity contribution >= 4 is 72.5 Å². The number of aromatic nitrogens is 1. The topological polar surface area (TPSA) is 67.2 Å². The van der Waals surface area contributed by atoms with Crippen LogP contribution in [0.2, 0.25) is 5.02 Å². The van der Waals surface area contributed by atoms with Crippen LogP contribution >= 0.6 is 35.2 Å². The van der Waals surface area contributed by atoms with E-state index in [0.717, 1.165) is 10.1 Å². The molecule has 2 N–H and O–H groups in total. The number of rotatable bonds is 2. The van der Waals surface area contributed by atoms with Crippen LogP contribution in [0.5, 0.6) is 0 Å². The van der Waals surface area contributed by atoms with Crippen LogP contribution in [0, 0.1) is 0 Å². The van der Waals surface area contributed by atoms with Crippen molar-refractivity contribution in [2.75, 3.05) is 5.32 Å². The Bertz CT molecular complexity index is 1090. The minimum atomic E-state index is -0.423. The lowest BCUT2D eigenvalue weighted by molar-refractivity contribution is 0.0953. The molecule has 0 bridgehead atoms. The molecule has 4 aromatic rings. The summed E-state index contributed by atoms with van der Waals surface area (Å²) < 4.78 is 6.45. The number of halogens is 1. The lowest BCUT2D eigenvalue weighted by atomic mass is 10.2. The monoisotopic (exact) mass is 387 g/mol. The van der Waals surface area contributed by atoms with Gasteiger partial charge in [0.05, 0.1) is 9.72 Å². The summed E-state index contributed by atoms with van der Waals surface area (Å²) in [5, 5.41) is 7.60. The van der Waals surface area contributed by atoms with Gasteiger partial charge < -0.3 is 9.73 Å². The molecule has 8 heteroatoms. The number of hydrogen-bond acceptors (Lipinski definition) is 5. The summed E-state index contributed by atoms with van der Waals surface area (Å²) in [6, 6.07) is 14.6. The molecule has 0 saturated carbocycles. The number of thiocarbonyl (C=S) groups is 1. The van der Waals surface area contributed by atoms with Crippen molar-refractivity contribution in [1.82, 2.24) is 10.3 Å². The van der Waals surface area contributed by atoms with E-state index in [1.165, 1.54) is 11.3 Å². The first kappa shape index (κ1) is 16.0. The molecule has 124 valence electrons. The molecular formula is C17H10ClN3O2S2. The van der Waals surface area contributed by atoms with Crippen LogP contribution in [0.3, 0.4) is 0 Å². The van der Waals surface area contributed by atoms with E-state index in [1.807, 2.05) is 30.3 Å². The molecule has 0 fully saturated rings. The Balaban J connectivity index is 1.49. The number of hydrogen-bond donors (Lipinski definition) is 2. The van der Waals surface area contributed by atoms with Crippen LogP contribution in [0.4, 0.5) is 5.13 Å². The van der Waals surface area contributed by atoms with E-state index in [2.05, 4.69) is 15.6 Å². The minimum Gasteiger partial charge on any atom is -0.451 e. The number of nitrogens with one attached hydrogen (secondary N) is 2. The zero-order chi connectivity index (χ0) is 17.4. The second kappa shape index (κ2) is 6.44. The summed E-state index contributed by atoms with van der Waals surface area (Å²) in [4.78, 5) is 16.7. The van der Waals surface area contributed by atoms with E-state index in [-0.39, 0.29) is 10.9 Å². The van der Waals surface area contributed by atoms with Crippen LogP contribution in [0.25, 0.3) is 21.2 Å². The number of thiazole rings is 1. The average Bonchev–Trinajstić information content (AvgIpc) is 3.18. The fourth-order valence-corrected chi connectivity index (χ4v) is 3.78. The molecule has 0 unspecified atom stereocenters. The first-order valence-corrected chi connectivity index (χ1v) is 8.86. The van der Waals surface area contributed by atoms with Gasteiger partial charge in [0, 0.05) is 5.39 Å². The van der Waals surface area contributed by atoms with Gasteiger partial charge in [0.2, 0.25) is 0 Å². The van der Waals surface area contributed by atoms with Crippen molar-refractivity contribution in [1.29, 1.82) is 0 Å². The molecule has 0 spiro atoms. The molecule has 1 amide bonds. The molecule has 0 radical (unpaired) electrons. The van der Waals surface area contributed by atoms with Gasteiger partial charge in [-0.1, -0.05) is 47.2 Å². The molecule has 0 atom stereocenters. The van der Waals surface area contributed by atoms with Crippen LogP contribution < -0.4 is 10.6 Å². The van der Waals surface area contributed by atoms with Crippen molar-refractivity contribution in [3.05, 3.63) is 59.3 Å². The van der Waals surface area contributed by atoms with Gasteiger partial charge in [-0.2, -0.15) is 0 Å². The van der Waals surface area contributed by atoms with Crippen molar-refractivity contribution in [2.24, 2.45) is 0 Å². The number of fused-ring (bicyclic) bond motifs is 2. The SMILES string of the molecule is O=C(NC(=S)Nc1nc2c(Cl)cccc2s1)c1cc2ccccc2o1. The maximum atomic E-state index is 12.3. The highest BCUT2D eigenvalue weighted by Crippen LogP contribution is 2.30. The normalized spacial score (nSPS) is 10.9. The average molecular weight is 388 g/mol. The van der Waals surface area contributed by atoms with Crippen molar-refractivity contribution in [3.8, 4) is 0 Å². The quantitative estimate of drug-likeness (QED) is 0.482. The second-order valence-corrected chi connectivity index (χ2v) is 7.01. The van der Waals surface area contributed by atoms with Crippen molar-refractivity contribution < 1.29 is 9.21 Å². The van der Waals surface area contributed by atoms with E-state index in [0.29, 0.717) is 21.3 Å². The van der Waals surface area contributed by atoms with Crippen LogP contribution in [-0.4, -0.2) is 16.0 Å². The maximum Gasteiger partial charge on any atom is 0.293 e. The van der Waals surface area contributed by atoms with E-state index in [4.69, 9.17) is 28.2 Å². The van der Waals surface area contributed by atoms with Crippen molar-refractivity contribution in [3.63, 3.8) is 0 Å². The first-order valence-electron chi connectivity index (χ1n) is 7.26. The molecule has 5 nitrogen and oxygen atoms in total.